The van der Waals surface area contributed by atoms with Crippen molar-refractivity contribution in [2.24, 2.45) is 10.9 Å². The van der Waals surface area contributed by atoms with E-state index in [9.17, 15) is 4.79 Å². The van der Waals surface area contributed by atoms with E-state index in [1.54, 1.807) is 12.1 Å². The van der Waals surface area contributed by atoms with Gasteiger partial charge in [0.2, 0.25) is 5.91 Å². The van der Waals surface area contributed by atoms with Gasteiger partial charge < -0.3 is 16.3 Å². The molecule has 1 aromatic carbocycles. The summed E-state index contributed by atoms with van der Waals surface area (Å²) in [6.45, 7) is 0. The summed E-state index contributed by atoms with van der Waals surface area (Å²) in [5.74, 6) is 2.37. The highest BCUT2D eigenvalue weighted by atomic mass is 32.2. The summed E-state index contributed by atoms with van der Waals surface area (Å²) in [5, 5.41) is 14.6. The molecule has 5 nitrogen and oxygen atoms in total. The lowest BCUT2D eigenvalue weighted by atomic mass is 10.1. The summed E-state index contributed by atoms with van der Waals surface area (Å²) >= 11 is 1.94. The van der Waals surface area contributed by atoms with Crippen molar-refractivity contribution in [3.63, 3.8) is 0 Å². The van der Waals surface area contributed by atoms with Crippen LogP contribution in [-0.4, -0.2) is 34.5 Å². The lowest BCUT2D eigenvalue weighted by Crippen LogP contribution is -2.38. The van der Waals surface area contributed by atoms with Crippen LogP contribution in [0.3, 0.4) is 0 Å². The lowest BCUT2D eigenvalue weighted by Gasteiger charge is -2.22. The summed E-state index contributed by atoms with van der Waals surface area (Å²) in [4.78, 5) is 11.9. The minimum Gasteiger partial charge on any atom is -0.409 e. The monoisotopic (exact) mass is 293 g/mol. The van der Waals surface area contributed by atoms with Gasteiger partial charge in [-0.25, -0.2) is 0 Å². The van der Waals surface area contributed by atoms with Crippen molar-refractivity contribution in [2.45, 2.75) is 25.3 Å². The number of nitrogens with one attached hydrogen (secondary N) is 1. The van der Waals surface area contributed by atoms with Gasteiger partial charge in [-0.15, -0.1) is 0 Å². The number of hydrogen-bond acceptors (Lipinski definition) is 4. The summed E-state index contributed by atoms with van der Waals surface area (Å²) in [6.07, 6.45) is 2.47. The molecule has 4 N–H and O–H groups in total. The number of carbonyl (C=O) groups excluding carboxylic acids is 1. The van der Waals surface area contributed by atoms with E-state index in [4.69, 9.17) is 10.9 Å². The Morgan fingerprint density at radius 2 is 2.00 bits per heavy atom. The van der Waals surface area contributed by atoms with Crippen LogP contribution in [0.2, 0.25) is 0 Å². The zero-order chi connectivity index (χ0) is 14.4. The second-order valence-corrected chi connectivity index (χ2v) is 6.04. The molecule has 20 heavy (non-hydrogen) atoms. The number of amidine groups is 1. The number of rotatable bonds is 4. The molecule has 1 saturated heterocycles. The molecule has 0 aromatic heterocycles. The van der Waals surface area contributed by atoms with Crippen LogP contribution >= 0.6 is 11.8 Å². The standard InChI is InChI=1S/C14H19N3O2S/c15-14(17-19)11-3-1-10(2-4-11)9-13(18)16-12-5-7-20-8-6-12/h1-4,12,19H,5-9H2,(H2,15,17)(H,16,18). The molecule has 1 aromatic rings. The maximum absolute atomic E-state index is 11.9. The zero-order valence-electron chi connectivity index (χ0n) is 11.2. The van der Waals surface area contributed by atoms with Crippen molar-refractivity contribution in [1.29, 1.82) is 0 Å². The highest BCUT2D eigenvalue weighted by Crippen LogP contribution is 2.17. The second kappa shape index (κ2) is 7.19. The maximum Gasteiger partial charge on any atom is 0.224 e. The molecule has 0 bridgehead atoms. The summed E-state index contributed by atoms with van der Waals surface area (Å²) in [7, 11) is 0. The normalized spacial score (nSPS) is 16.9. The molecule has 6 heteroatoms. The van der Waals surface area contributed by atoms with Crippen LogP contribution in [0, 0.1) is 0 Å². The fourth-order valence-corrected chi connectivity index (χ4v) is 3.26. The largest absolute Gasteiger partial charge is 0.409 e. The second-order valence-electron chi connectivity index (χ2n) is 4.81. The van der Waals surface area contributed by atoms with Crippen LogP contribution in [0.15, 0.2) is 29.4 Å². The highest BCUT2D eigenvalue weighted by molar-refractivity contribution is 7.99. The van der Waals surface area contributed by atoms with Gasteiger partial charge in [0.15, 0.2) is 5.84 Å². The summed E-state index contributed by atoms with van der Waals surface area (Å²) in [6, 6.07) is 7.46. The minimum absolute atomic E-state index is 0.0541. The number of oxime groups is 1. The number of amides is 1. The van der Waals surface area contributed by atoms with E-state index in [2.05, 4.69) is 10.5 Å². The van der Waals surface area contributed by atoms with Crippen molar-refractivity contribution in [3.05, 3.63) is 35.4 Å². The molecule has 1 aliphatic rings. The average Bonchev–Trinajstić information content (AvgIpc) is 2.48. The predicted molar refractivity (Wildman–Crippen MR) is 81.1 cm³/mol. The molecular formula is C14H19N3O2S. The van der Waals surface area contributed by atoms with Crippen molar-refractivity contribution in [1.82, 2.24) is 5.32 Å². The number of nitrogens with two attached hydrogens (primary N) is 1. The summed E-state index contributed by atoms with van der Waals surface area (Å²) < 4.78 is 0. The third kappa shape index (κ3) is 4.16. The smallest absolute Gasteiger partial charge is 0.224 e. The van der Waals surface area contributed by atoms with Crippen molar-refractivity contribution < 1.29 is 10.0 Å². The van der Waals surface area contributed by atoms with E-state index in [1.807, 2.05) is 23.9 Å². The Bertz CT molecular complexity index is 482. The average molecular weight is 293 g/mol. The molecule has 108 valence electrons. The SMILES string of the molecule is N/C(=N/O)c1ccc(CC(=O)NC2CCSCC2)cc1. The van der Waals surface area contributed by atoms with Gasteiger partial charge in [0.05, 0.1) is 6.42 Å². The number of carbonyl (C=O) groups is 1. The van der Waals surface area contributed by atoms with Crippen molar-refractivity contribution in [2.75, 3.05) is 11.5 Å². The molecule has 1 fully saturated rings. The maximum atomic E-state index is 11.9. The number of thioether (sulfide) groups is 1. The molecule has 1 aliphatic heterocycles. The lowest BCUT2D eigenvalue weighted by molar-refractivity contribution is -0.121. The van der Waals surface area contributed by atoms with Gasteiger partial charge >= 0.3 is 0 Å². The van der Waals surface area contributed by atoms with Gasteiger partial charge in [0.1, 0.15) is 0 Å². The van der Waals surface area contributed by atoms with E-state index in [0.717, 1.165) is 29.9 Å². The Kier molecular flexibility index (Phi) is 5.29. The quantitative estimate of drug-likeness (QED) is 0.338. The first kappa shape index (κ1) is 14.7. The van der Waals surface area contributed by atoms with E-state index in [1.165, 1.54) is 0 Å². The zero-order valence-corrected chi connectivity index (χ0v) is 12.0. The Morgan fingerprint density at radius 1 is 1.35 bits per heavy atom. The van der Waals surface area contributed by atoms with Gasteiger partial charge in [-0.3, -0.25) is 4.79 Å². The van der Waals surface area contributed by atoms with Gasteiger partial charge in [0.25, 0.3) is 0 Å². The Balaban J connectivity index is 1.87. The van der Waals surface area contributed by atoms with E-state index in [-0.39, 0.29) is 11.7 Å². The van der Waals surface area contributed by atoms with Crippen LogP contribution in [0.1, 0.15) is 24.0 Å². The van der Waals surface area contributed by atoms with Crippen molar-refractivity contribution >= 4 is 23.5 Å². The Labute approximate surface area is 122 Å². The molecule has 1 amide bonds. The van der Waals surface area contributed by atoms with Crippen LogP contribution in [0.5, 0.6) is 0 Å². The molecule has 0 radical (unpaired) electrons. The number of benzene rings is 1. The Morgan fingerprint density at radius 3 is 2.60 bits per heavy atom. The van der Waals surface area contributed by atoms with Gasteiger partial charge in [-0.1, -0.05) is 29.4 Å². The molecule has 0 saturated carbocycles. The highest BCUT2D eigenvalue weighted by Gasteiger charge is 2.15. The van der Waals surface area contributed by atoms with Crippen LogP contribution in [0.25, 0.3) is 0 Å². The van der Waals surface area contributed by atoms with Crippen LogP contribution < -0.4 is 11.1 Å². The van der Waals surface area contributed by atoms with Gasteiger partial charge in [0, 0.05) is 11.6 Å². The van der Waals surface area contributed by atoms with E-state index < -0.39 is 0 Å². The molecule has 0 unspecified atom stereocenters. The third-order valence-corrected chi connectivity index (χ3v) is 4.36. The molecule has 0 spiro atoms. The third-order valence-electron chi connectivity index (χ3n) is 3.31. The van der Waals surface area contributed by atoms with Crippen molar-refractivity contribution in [3.8, 4) is 0 Å². The topological polar surface area (TPSA) is 87.7 Å². The first-order valence-corrected chi connectivity index (χ1v) is 7.78. The number of hydrogen-bond donors (Lipinski definition) is 3. The number of nitrogens with zero attached hydrogens (tertiary/aromatic N) is 1. The fourth-order valence-electron chi connectivity index (χ4n) is 2.16. The molecule has 1 heterocycles. The predicted octanol–water partition coefficient (Wildman–Crippen LogP) is 1.34. The molecule has 0 aliphatic carbocycles. The molecule has 2 rings (SSSR count). The van der Waals surface area contributed by atoms with Crippen LogP contribution in [-0.2, 0) is 11.2 Å². The fraction of sp³-hybridized carbons (Fsp3) is 0.429. The molecular weight excluding hydrogens is 274 g/mol. The van der Waals surface area contributed by atoms with Crippen LogP contribution in [0.4, 0.5) is 0 Å². The first-order valence-electron chi connectivity index (χ1n) is 6.63. The van der Waals surface area contributed by atoms with Gasteiger partial charge in [-0.2, -0.15) is 11.8 Å². The minimum atomic E-state index is 0.0541. The van der Waals surface area contributed by atoms with E-state index in [0.29, 0.717) is 18.0 Å². The van der Waals surface area contributed by atoms with E-state index >= 15 is 0 Å². The Hall–Kier alpha value is -1.69. The van der Waals surface area contributed by atoms with Gasteiger partial charge in [-0.05, 0) is 29.9 Å². The summed E-state index contributed by atoms with van der Waals surface area (Å²) in [5.41, 5.74) is 7.05. The molecule has 0 atom stereocenters. The first-order chi connectivity index (χ1) is 9.69.